The van der Waals surface area contributed by atoms with Gasteiger partial charge in [0.2, 0.25) is 0 Å². The van der Waals surface area contributed by atoms with E-state index in [0.717, 1.165) is 48.0 Å². The van der Waals surface area contributed by atoms with Gasteiger partial charge in [-0.3, -0.25) is 4.99 Å². The highest BCUT2D eigenvalue weighted by Gasteiger charge is 2.14. The van der Waals surface area contributed by atoms with Crippen molar-refractivity contribution < 1.29 is 0 Å². The Balaban J connectivity index is 1.49. The van der Waals surface area contributed by atoms with Gasteiger partial charge in [-0.15, -0.1) is 0 Å². The lowest BCUT2D eigenvalue weighted by molar-refractivity contribution is 0.573. The van der Waals surface area contributed by atoms with Gasteiger partial charge in [0.05, 0.1) is 0 Å². The highest BCUT2D eigenvalue weighted by molar-refractivity contribution is 6.11. The van der Waals surface area contributed by atoms with E-state index in [1.165, 1.54) is 41.5 Å². The van der Waals surface area contributed by atoms with Crippen molar-refractivity contribution in [1.82, 2.24) is 10.3 Å². The number of allylic oxidation sites excluding steroid dienone is 3. The molecule has 0 amide bonds. The number of benzene rings is 1. The molecule has 1 saturated heterocycles. The van der Waals surface area contributed by atoms with Crippen molar-refractivity contribution in [2.24, 2.45) is 9.98 Å². The molecule has 33 heavy (non-hydrogen) atoms. The number of aliphatic imine (C=N–C) groups is 2. The molecule has 5 nitrogen and oxygen atoms in total. The van der Waals surface area contributed by atoms with Crippen LogP contribution >= 0.6 is 0 Å². The first kappa shape index (κ1) is 22.7. The van der Waals surface area contributed by atoms with Crippen LogP contribution in [0.3, 0.4) is 0 Å². The van der Waals surface area contributed by atoms with Crippen LogP contribution in [0, 0.1) is 0 Å². The Morgan fingerprint density at radius 2 is 1.91 bits per heavy atom. The zero-order chi connectivity index (χ0) is 23.2. The quantitative estimate of drug-likeness (QED) is 0.593. The maximum Gasteiger partial charge on any atom is 0.129 e. The molecule has 5 heteroatoms. The van der Waals surface area contributed by atoms with Gasteiger partial charge < -0.3 is 10.2 Å². The molecule has 1 aromatic heterocycles. The Hall–Kier alpha value is -3.47. The fourth-order valence-electron chi connectivity index (χ4n) is 4.31. The smallest absolute Gasteiger partial charge is 0.129 e. The van der Waals surface area contributed by atoms with Crippen LogP contribution in [0.1, 0.15) is 55.4 Å². The Morgan fingerprint density at radius 3 is 2.67 bits per heavy atom. The molecule has 0 bridgehead atoms. The predicted molar refractivity (Wildman–Crippen MR) is 141 cm³/mol. The maximum atomic E-state index is 4.69. The summed E-state index contributed by atoms with van der Waals surface area (Å²) in [6, 6.07) is 10.7. The lowest BCUT2D eigenvalue weighted by Crippen LogP contribution is -2.30. The summed E-state index contributed by atoms with van der Waals surface area (Å²) in [4.78, 5) is 15.9. The topological polar surface area (TPSA) is 52.9 Å². The van der Waals surface area contributed by atoms with Crippen LogP contribution in [0.4, 0.5) is 5.82 Å². The zero-order valence-corrected chi connectivity index (χ0v) is 19.9. The summed E-state index contributed by atoms with van der Waals surface area (Å²) in [5.74, 6) is 1.84. The summed E-state index contributed by atoms with van der Waals surface area (Å²) in [7, 11) is 1.81. The van der Waals surface area contributed by atoms with Crippen molar-refractivity contribution in [3.05, 3.63) is 82.8 Å². The standard InChI is InChI=1S/C28H33N5/c1-20(2)26(19-29-4)24-8-9-25-18-31-27(11-10-23(25)16-24)32-21(3)22-12-13-30-28(17-22)33-14-6-5-7-15-33/h8-9,11-13,16-19,32H,3,5-7,10,14-15H2,1-2,4H3. The van der Waals surface area contributed by atoms with Crippen molar-refractivity contribution in [2.45, 2.75) is 39.5 Å². The van der Waals surface area contributed by atoms with Crippen LogP contribution in [0.5, 0.6) is 0 Å². The maximum absolute atomic E-state index is 4.69. The van der Waals surface area contributed by atoms with Crippen LogP contribution in [0.15, 0.2) is 70.6 Å². The number of hydrogen-bond acceptors (Lipinski definition) is 5. The molecule has 1 N–H and O–H groups in total. The molecule has 170 valence electrons. The van der Waals surface area contributed by atoms with Crippen molar-refractivity contribution in [1.29, 1.82) is 0 Å². The summed E-state index contributed by atoms with van der Waals surface area (Å²) in [5, 5.41) is 3.41. The van der Waals surface area contributed by atoms with Crippen molar-refractivity contribution in [3.63, 3.8) is 0 Å². The second-order valence-corrected chi connectivity index (χ2v) is 8.82. The Kier molecular flexibility index (Phi) is 7.18. The molecule has 0 aliphatic carbocycles. The normalized spacial score (nSPS) is 15.6. The SMILES string of the molecule is C=C(NC1=CCc2cc(C(C=NC)=C(C)C)ccc2C=N1)c1ccnc(N2CCCCC2)c1. The van der Waals surface area contributed by atoms with Gasteiger partial charge in [-0.2, -0.15) is 0 Å². The van der Waals surface area contributed by atoms with Gasteiger partial charge in [-0.05, 0) is 80.0 Å². The molecule has 1 fully saturated rings. The highest BCUT2D eigenvalue weighted by Crippen LogP contribution is 2.24. The first-order valence-electron chi connectivity index (χ1n) is 11.7. The average molecular weight is 440 g/mol. The number of nitrogens with zero attached hydrogens (tertiary/aromatic N) is 4. The average Bonchev–Trinajstić information content (AvgIpc) is 3.04. The van der Waals surface area contributed by atoms with Crippen LogP contribution in [0.2, 0.25) is 0 Å². The van der Waals surface area contributed by atoms with Crippen LogP contribution in [-0.2, 0) is 6.42 Å². The van der Waals surface area contributed by atoms with Crippen molar-refractivity contribution in [3.8, 4) is 0 Å². The van der Waals surface area contributed by atoms with Gasteiger partial charge in [0, 0.05) is 50.0 Å². The van der Waals surface area contributed by atoms with E-state index in [0.29, 0.717) is 0 Å². The van der Waals surface area contributed by atoms with Crippen LogP contribution in [-0.4, -0.2) is 37.6 Å². The molecule has 0 atom stereocenters. The van der Waals surface area contributed by atoms with Gasteiger partial charge in [-0.1, -0.05) is 30.4 Å². The Labute approximate surface area is 197 Å². The van der Waals surface area contributed by atoms with E-state index in [-0.39, 0.29) is 0 Å². The van der Waals surface area contributed by atoms with E-state index >= 15 is 0 Å². The van der Waals surface area contributed by atoms with Gasteiger partial charge in [-0.25, -0.2) is 9.98 Å². The third-order valence-corrected chi connectivity index (χ3v) is 6.16. The summed E-state index contributed by atoms with van der Waals surface area (Å²) < 4.78 is 0. The van der Waals surface area contributed by atoms with E-state index in [9.17, 15) is 0 Å². The number of nitrogens with one attached hydrogen (secondary N) is 1. The van der Waals surface area contributed by atoms with Gasteiger partial charge in [0.15, 0.2) is 0 Å². The molecular weight excluding hydrogens is 406 g/mol. The number of anilines is 1. The molecule has 0 saturated carbocycles. The van der Waals surface area contributed by atoms with Gasteiger partial charge in [0.1, 0.15) is 11.6 Å². The van der Waals surface area contributed by atoms with Crippen molar-refractivity contribution in [2.75, 3.05) is 25.0 Å². The summed E-state index contributed by atoms with van der Waals surface area (Å²) in [6.07, 6.45) is 12.4. The highest BCUT2D eigenvalue weighted by atomic mass is 15.2. The molecule has 4 rings (SSSR count). The van der Waals surface area contributed by atoms with Gasteiger partial charge in [0.25, 0.3) is 0 Å². The fraction of sp³-hybridized carbons (Fsp3) is 0.321. The minimum Gasteiger partial charge on any atom is -0.357 e. The summed E-state index contributed by atoms with van der Waals surface area (Å²) >= 11 is 0. The van der Waals surface area contributed by atoms with E-state index < -0.39 is 0 Å². The molecule has 0 radical (unpaired) electrons. The summed E-state index contributed by atoms with van der Waals surface area (Å²) in [6.45, 7) is 10.7. The number of fused-ring (bicyclic) bond motifs is 1. The summed E-state index contributed by atoms with van der Waals surface area (Å²) in [5.41, 5.74) is 7.85. The second kappa shape index (κ2) is 10.4. The van der Waals surface area contributed by atoms with Crippen molar-refractivity contribution >= 4 is 29.5 Å². The van der Waals surface area contributed by atoms with E-state index in [1.54, 1.807) is 0 Å². The van der Waals surface area contributed by atoms with E-state index in [2.05, 4.69) is 76.0 Å². The number of pyridine rings is 1. The molecule has 2 aromatic rings. The van der Waals surface area contributed by atoms with Crippen LogP contribution < -0.4 is 10.2 Å². The third kappa shape index (κ3) is 5.48. The molecule has 0 spiro atoms. The number of hydrogen-bond donors (Lipinski definition) is 1. The zero-order valence-electron chi connectivity index (χ0n) is 19.9. The fourth-order valence-corrected chi connectivity index (χ4v) is 4.31. The lowest BCUT2D eigenvalue weighted by atomic mass is 9.96. The Morgan fingerprint density at radius 1 is 1.09 bits per heavy atom. The lowest BCUT2D eigenvalue weighted by Gasteiger charge is -2.28. The van der Waals surface area contributed by atoms with E-state index in [1.807, 2.05) is 31.7 Å². The predicted octanol–water partition coefficient (Wildman–Crippen LogP) is 5.64. The number of rotatable bonds is 6. The van der Waals surface area contributed by atoms with Gasteiger partial charge >= 0.3 is 0 Å². The minimum absolute atomic E-state index is 0.799. The first-order valence-corrected chi connectivity index (χ1v) is 11.7. The molecule has 1 aromatic carbocycles. The number of aromatic nitrogens is 1. The molecular formula is C28H33N5. The molecule has 2 aliphatic rings. The Bertz CT molecular complexity index is 1140. The molecule has 3 heterocycles. The first-order chi connectivity index (χ1) is 16.0. The minimum atomic E-state index is 0.799. The molecule has 2 aliphatic heterocycles. The molecule has 0 unspecified atom stereocenters. The largest absolute Gasteiger partial charge is 0.357 e. The third-order valence-electron chi connectivity index (χ3n) is 6.16. The van der Waals surface area contributed by atoms with E-state index in [4.69, 9.17) is 0 Å². The monoisotopic (exact) mass is 439 g/mol. The second-order valence-electron chi connectivity index (χ2n) is 8.82. The van der Waals surface area contributed by atoms with Crippen LogP contribution in [0.25, 0.3) is 11.3 Å². The number of piperidine rings is 1.